The number of rotatable bonds is 6. The second kappa shape index (κ2) is 9.17. The standard InChI is InChI=1S/C20H23FN2O4/c1-14(19(25)23-20(13-22)10-4-3-5-11-20)27-18(24)9-7-15-6-8-17(26-2)16(21)12-15/h6-9,12,14H,3-5,10-11H2,1-2H3,(H,23,25)/b9-7+/t14-/m0/s1. The number of nitrogens with zero attached hydrogens (tertiary/aromatic N) is 1. The van der Waals surface area contributed by atoms with Crippen LogP contribution in [0.15, 0.2) is 24.3 Å². The molecule has 0 bridgehead atoms. The number of ether oxygens (including phenoxy) is 2. The molecule has 0 radical (unpaired) electrons. The second-order valence-electron chi connectivity index (χ2n) is 6.55. The average Bonchev–Trinajstić information content (AvgIpc) is 2.67. The van der Waals surface area contributed by atoms with Crippen LogP contribution in [0.1, 0.15) is 44.6 Å². The van der Waals surface area contributed by atoms with Gasteiger partial charge in [-0.05, 0) is 43.5 Å². The molecular weight excluding hydrogens is 351 g/mol. The zero-order valence-corrected chi connectivity index (χ0v) is 15.5. The highest BCUT2D eigenvalue weighted by Gasteiger charge is 2.35. The summed E-state index contributed by atoms with van der Waals surface area (Å²) >= 11 is 0. The monoisotopic (exact) mass is 374 g/mol. The summed E-state index contributed by atoms with van der Waals surface area (Å²) in [5.41, 5.74) is -0.431. The van der Waals surface area contributed by atoms with E-state index in [4.69, 9.17) is 9.47 Å². The van der Waals surface area contributed by atoms with Gasteiger partial charge in [-0.3, -0.25) is 4.79 Å². The van der Waals surface area contributed by atoms with Gasteiger partial charge < -0.3 is 14.8 Å². The van der Waals surface area contributed by atoms with E-state index in [-0.39, 0.29) is 5.75 Å². The quantitative estimate of drug-likeness (QED) is 0.610. The Labute approximate surface area is 158 Å². The molecule has 1 aromatic carbocycles. The van der Waals surface area contributed by atoms with Gasteiger partial charge >= 0.3 is 5.97 Å². The average molecular weight is 374 g/mol. The van der Waals surface area contributed by atoms with Crippen LogP contribution in [0.2, 0.25) is 0 Å². The molecule has 0 aromatic heterocycles. The zero-order chi connectivity index (χ0) is 19.9. The maximum atomic E-state index is 13.6. The number of hydrogen-bond acceptors (Lipinski definition) is 5. The van der Waals surface area contributed by atoms with Crippen molar-refractivity contribution in [3.8, 4) is 11.8 Å². The Morgan fingerprint density at radius 2 is 2.04 bits per heavy atom. The molecule has 1 aliphatic rings. The van der Waals surface area contributed by atoms with Crippen molar-refractivity contribution in [2.45, 2.75) is 50.7 Å². The normalized spacial score (nSPS) is 17.0. The molecule has 144 valence electrons. The first-order valence-corrected chi connectivity index (χ1v) is 8.84. The first kappa shape index (κ1) is 20.4. The van der Waals surface area contributed by atoms with E-state index in [0.29, 0.717) is 18.4 Å². The molecule has 0 spiro atoms. The Morgan fingerprint density at radius 1 is 1.33 bits per heavy atom. The fourth-order valence-corrected chi connectivity index (χ4v) is 2.98. The Morgan fingerprint density at radius 3 is 2.63 bits per heavy atom. The number of amides is 1. The van der Waals surface area contributed by atoms with Crippen LogP contribution in [0.5, 0.6) is 5.75 Å². The summed E-state index contributed by atoms with van der Waals surface area (Å²) in [7, 11) is 1.36. The van der Waals surface area contributed by atoms with Gasteiger partial charge in [0.2, 0.25) is 0 Å². The predicted octanol–water partition coefficient (Wildman–Crippen LogP) is 3.12. The van der Waals surface area contributed by atoms with Gasteiger partial charge in [0.25, 0.3) is 5.91 Å². The van der Waals surface area contributed by atoms with Gasteiger partial charge in [-0.25, -0.2) is 9.18 Å². The van der Waals surface area contributed by atoms with E-state index in [1.54, 1.807) is 6.07 Å². The number of hydrogen-bond donors (Lipinski definition) is 1. The van der Waals surface area contributed by atoms with Gasteiger partial charge in [-0.2, -0.15) is 5.26 Å². The van der Waals surface area contributed by atoms with Crippen LogP contribution in [-0.4, -0.2) is 30.6 Å². The Balaban J connectivity index is 1.91. The topological polar surface area (TPSA) is 88.4 Å². The number of halogens is 1. The molecule has 1 saturated carbocycles. The molecule has 0 heterocycles. The van der Waals surface area contributed by atoms with Crippen molar-refractivity contribution in [2.75, 3.05) is 7.11 Å². The number of carbonyl (C=O) groups is 2. The minimum absolute atomic E-state index is 0.106. The van der Waals surface area contributed by atoms with E-state index in [9.17, 15) is 19.2 Å². The molecule has 6 nitrogen and oxygen atoms in total. The van der Waals surface area contributed by atoms with Gasteiger partial charge in [0.05, 0.1) is 13.2 Å². The van der Waals surface area contributed by atoms with Gasteiger partial charge in [-0.1, -0.05) is 25.3 Å². The molecular formula is C20H23FN2O4. The summed E-state index contributed by atoms with van der Waals surface area (Å²) < 4.78 is 23.5. The van der Waals surface area contributed by atoms with E-state index >= 15 is 0 Å². The number of esters is 1. The number of methoxy groups -OCH3 is 1. The van der Waals surface area contributed by atoms with Crippen LogP contribution in [-0.2, 0) is 14.3 Å². The third-order valence-corrected chi connectivity index (χ3v) is 4.53. The first-order chi connectivity index (χ1) is 12.9. The molecule has 2 rings (SSSR count). The molecule has 1 amide bonds. The fraction of sp³-hybridized carbons (Fsp3) is 0.450. The van der Waals surface area contributed by atoms with Crippen molar-refractivity contribution in [1.82, 2.24) is 5.32 Å². The summed E-state index contributed by atoms with van der Waals surface area (Å²) in [5.74, 6) is -1.68. The summed E-state index contributed by atoms with van der Waals surface area (Å²) in [4.78, 5) is 24.2. The van der Waals surface area contributed by atoms with E-state index in [1.807, 2.05) is 0 Å². The van der Waals surface area contributed by atoms with E-state index in [2.05, 4.69) is 11.4 Å². The molecule has 0 unspecified atom stereocenters. The van der Waals surface area contributed by atoms with Crippen LogP contribution in [0.25, 0.3) is 6.08 Å². The molecule has 1 atom stereocenters. The smallest absolute Gasteiger partial charge is 0.331 e. The van der Waals surface area contributed by atoms with E-state index < -0.39 is 29.3 Å². The lowest BCUT2D eigenvalue weighted by Crippen LogP contribution is -2.52. The molecule has 0 saturated heterocycles. The van der Waals surface area contributed by atoms with Crippen molar-refractivity contribution in [1.29, 1.82) is 5.26 Å². The van der Waals surface area contributed by atoms with Gasteiger partial charge in [0, 0.05) is 6.08 Å². The maximum absolute atomic E-state index is 13.6. The molecule has 1 aromatic rings. The number of carbonyl (C=O) groups excluding carboxylic acids is 2. The van der Waals surface area contributed by atoms with Crippen LogP contribution in [0.4, 0.5) is 4.39 Å². The molecule has 0 aliphatic heterocycles. The van der Waals surface area contributed by atoms with E-state index in [0.717, 1.165) is 25.3 Å². The van der Waals surface area contributed by atoms with Crippen molar-refractivity contribution in [3.63, 3.8) is 0 Å². The Hall–Kier alpha value is -2.88. The van der Waals surface area contributed by atoms with Gasteiger partial charge in [0.1, 0.15) is 5.54 Å². The third kappa shape index (κ3) is 5.55. The third-order valence-electron chi connectivity index (χ3n) is 4.53. The van der Waals surface area contributed by atoms with Crippen LogP contribution < -0.4 is 10.1 Å². The number of nitriles is 1. The fourth-order valence-electron chi connectivity index (χ4n) is 2.98. The lowest BCUT2D eigenvalue weighted by atomic mass is 9.83. The minimum atomic E-state index is -1.04. The predicted molar refractivity (Wildman–Crippen MR) is 97.1 cm³/mol. The molecule has 27 heavy (non-hydrogen) atoms. The van der Waals surface area contributed by atoms with Gasteiger partial charge in [-0.15, -0.1) is 0 Å². The largest absolute Gasteiger partial charge is 0.494 e. The zero-order valence-electron chi connectivity index (χ0n) is 15.5. The van der Waals surface area contributed by atoms with Crippen molar-refractivity contribution < 1.29 is 23.5 Å². The van der Waals surface area contributed by atoms with Crippen LogP contribution in [0.3, 0.4) is 0 Å². The molecule has 1 aliphatic carbocycles. The first-order valence-electron chi connectivity index (χ1n) is 8.84. The van der Waals surface area contributed by atoms with Crippen molar-refractivity contribution >= 4 is 18.0 Å². The lowest BCUT2D eigenvalue weighted by Gasteiger charge is -2.32. The number of nitrogens with one attached hydrogen (secondary N) is 1. The Kier molecular flexibility index (Phi) is 6.94. The maximum Gasteiger partial charge on any atom is 0.331 e. The van der Waals surface area contributed by atoms with Gasteiger partial charge in [0.15, 0.2) is 17.7 Å². The van der Waals surface area contributed by atoms with Crippen molar-refractivity contribution in [3.05, 3.63) is 35.7 Å². The highest BCUT2D eigenvalue weighted by Crippen LogP contribution is 2.27. The number of benzene rings is 1. The van der Waals surface area contributed by atoms with E-state index in [1.165, 1.54) is 32.2 Å². The second-order valence-corrected chi connectivity index (χ2v) is 6.55. The summed E-state index contributed by atoms with van der Waals surface area (Å²) in [6, 6.07) is 6.44. The molecule has 7 heteroatoms. The summed E-state index contributed by atoms with van der Waals surface area (Å²) in [6.45, 7) is 1.45. The summed E-state index contributed by atoms with van der Waals surface area (Å²) in [6.07, 6.45) is 5.45. The van der Waals surface area contributed by atoms with Crippen molar-refractivity contribution in [2.24, 2.45) is 0 Å². The molecule has 1 N–H and O–H groups in total. The van der Waals surface area contributed by atoms with Crippen LogP contribution >= 0.6 is 0 Å². The minimum Gasteiger partial charge on any atom is -0.494 e. The molecule has 1 fully saturated rings. The summed E-state index contributed by atoms with van der Waals surface area (Å²) in [5, 5.41) is 12.1. The lowest BCUT2D eigenvalue weighted by molar-refractivity contribution is -0.150. The highest BCUT2D eigenvalue weighted by molar-refractivity contribution is 5.90. The SMILES string of the molecule is COc1ccc(/C=C/C(=O)O[C@@H](C)C(=O)NC2(C#N)CCCCC2)cc1F. The van der Waals surface area contributed by atoms with Crippen LogP contribution in [0, 0.1) is 17.1 Å². The Bertz CT molecular complexity index is 764. The highest BCUT2D eigenvalue weighted by atomic mass is 19.1.